The summed E-state index contributed by atoms with van der Waals surface area (Å²) in [5.41, 5.74) is 5.67. The maximum Gasteiger partial charge on any atom is 0.323 e. The number of hydrogen-bond donors (Lipinski definition) is 1. The largest absolute Gasteiger partial charge is 0.466 e. The van der Waals surface area contributed by atoms with Gasteiger partial charge in [-0.1, -0.05) is 39.3 Å². The molecule has 0 spiro atoms. The molecule has 0 aliphatic carbocycles. The van der Waals surface area contributed by atoms with Crippen molar-refractivity contribution in [3.63, 3.8) is 0 Å². The maximum atomic E-state index is 11.7. The lowest BCUT2D eigenvalue weighted by atomic mass is 10.2. The van der Waals surface area contributed by atoms with Crippen LogP contribution in [0.1, 0.15) is 6.42 Å². The highest BCUT2D eigenvalue weighted by Crippen LogP contribution is 2.09. The number of nitrogens with two attached hydrogens (primary N) is 1. The molecule has 0 radical (unpaired) electrons. The summed E-state index contributed by atoms with van der Waals surface area (Å²) < 4.78 is 10.2. The molecule has 0 fully saturated rings. The molecule has 0 aliphatic heterocycles. The Morgan fingerprint density at radius 1 is 0.909 bits per heavy atom. The Morgan fingerprint density at radius 3 is 1.73 bits per heavy atom. The van der Waals surface area contributed by atoms with Gasteiger partial charge in [0.25, 0.3) is 0 Å². The summed E-state index contributed by atoms with van der Waals surface area (Å²) >= 11 is 0. The van der Waals surface area contributed by atoms with E-state index in [1.807, 2.05) is 0 Å². The fraction of sp³-hybridized carbons (Fsp3) is 0.857. The van der Waals surface area contributed by atoms with Crippen molar-refractivity contribution in [1.82, 2.24) is 0 Å². The standard InChI is InChI=1S/C14H31NO4Si2.ClH/c1-20(2,3)9-7-18-13(16)11-12(15)14(17)19-8-10-21(4,5)6;/h12H,7-11,15H2,1-6H3;1H/t12-;/m0./s1. The van der Waals surface area contributed by atoms with Gasteiger partial charge >= 0.3 is 11.9 Å². The third-order valence-corrected chi connectivity index (χ3v) is 6.31. The van der Waals surface area contributed by atoms with Gasteiger partial charge < -0.3 is 15.2 Å². The summed E-state index contributed by atoms with van der Waals surface area (Å²) in [7, 11) is -2.45. The van der Waals surface area contributed by atoms with Crippen LogP contribution < -0.4 is 5.73 Å². The smallest absolute Gasteiger partial charge is 0.323 e. The molecule has 1 atom stereocenters. The highest BCUT2D eigenvalue weighted by atomic mass is 35.5. The molecule has 5 nitrogen and oxygen atoms in total. The van der Waals surface area contributed by atoms with Gasteiger partial charge in [-0.05, 0) is 12.1 Å². The molecule has 0 bridgehead atoms. The molecule has 8 heteroatoms. The first-order valence-electron chi connectivity index (χ1n) is 7.48. The van der Waals surface area contributed by atoms with E-state index in [-0.39, 0.29) is 18.8 Å². The van der Waals surface area contributed by atoms with Crippen molar-refractivity contribution in [2.45, 2.75) is 63.8 Å². The lowest BCUT2D eigenvalue weighted by Crippen LogP contribution is -2.36. The SMILES string of the molecule is C[Si](C)(C)CCOC(=O)C[C@H](N)C(=O)OCC[Si](C)(C)C.Cl. The van der Waals surface area contributed by atoms with Crippen LogP contribution in [0.25, 0.3) is 0 Å². The predicted octanol–water partition coefficient (Wildman–Crippen LogP) is 2.89. The first-order chi connectivity index (χ1) is 9.41. The monoisotopic (exact) mass is 369 g/mol. The normalized spacial score (nSPS) is 13.0. The Kier molecular flexibility index (Phi) is 11.3. The topological polar surface area (TPSA) is 78.6 Å². The van der Waals surface area contributed by atoms with Gasteiger partial charge in [0.15, 0.2) is 0 Å². The molecular weight excluding hydrogens is 338 g/mol. The van der Waals surface area contributed by atoms with E-state index in [2.05, 4.69) is 39.3 Å². The van der Waals surface area contributed by atoms with E-state index < -0.39 is 34.1 Å². The van der Waals surface area contributed by atoms with E-state index in [4.69, 9.17) is 15.2 Å². The minimum absolute atomic E-state index is 0. The van der Waals surface area contributed by atoms with Crippen LogP contribution in [0.3, 0.4) is 0 Å². The number of esters is 2. The van der Waals surface area contributed by atoms with E-state index in [1.54, 1.807) is 0 Å². The molecule has 0 aromatic heterocycles. The van der Waals surface area contributed by atoms with Crippen molar-refractivity contribution in [3.05, 3.63) is 0 Å². The van der Waals surface area contributed by atoms with Gasteiger partial charge in [-0.3, -0.25) is 9.59 Å². The highest BCUT2D eigenvalue weighted by Gasteiger charge is 2.22. The predicted molar refractivity (Wildman–Crippen MR) is 98.1 cm³/mol. The Balaban J connectivity index is 0. The molecule has 0 aromatic rings. The molecule has 0 saturated carbocycles. The van der Waals surface area contributed by atoms with Gasteiger partial charge in [-0.15, -0.1) is 12.4 Å². The molecule has 0 unspecified atom stereocenters. The summed E-state index contributed by atoms with van der Waals surface area (Å²) in [5, 5.41) is 0. The third kappa shape index (κ3) is 14.6. The summed E-state index contributed by atoms with van der Waals surface area (Å²) in [5.74, 6) is -0.946. The minimum atomic E-state index is -1.23. The van der Waals surface area contributed by atoms with E-state index in [0.29, 0.717) is 13.2 Å². The second-order valence-corrected chi connectivity index (χ2v) is 19.1. The van der Waals surface area contributed by atoms with Crippen LogP contribution in [0.15, 0.2) is 0 Å². The zero-order valence-corrected chi connectivity index (χ0v) is 17.5. The molecule has 22 heavy (non-hydrogen) atoms. The number of carbonyl (C=O) groups excluding carboxylic acids is 2. The van der Waals surface area contributed by atoms with Crippen molar-refractivity contribution < 1.29 is 19.1 Å². The molecule has 0 amide bonds. The first-order valence-corrected chi connectivity index (χ1v) is 14.9. The zero-order valence-electron chi connectivity index (χ0n) is 14.7. The molecule has 132 valence electrons. The second kappa shape index (κ2) is 10.4. The van der Waals surface area contributed by atoms with Crippen LogP contribution in [0.2, 0.25) is 51.4 Å². The fourth-order valence-electron chi connectivity index (χ4n) is 1.36. The number of carbonyl (C=O) groups is 2. The van der Waals surface area contributed by atoms with Gasteiger partial charge in [0, 0.05) is 16.1 Å². The van der Waals surface area contributed by atoms with Crippen LogP contribution in [-0.2, 0) is 19.1 Å². The fourth-order valence-corrected chi connectivity index (χ4v) is 2.79. The van der Waals surface area contributed by atoms with Crippen LogP contribution in [0.5, 0.6) is 0 Å². The van der Waals surface area contributed by atoms with E-state index in [0.717, 1.165) is 12.1 Å². The average molecular weight is 370 g/mol. The Labute approximate surface area is 142 Å². The number of ether oxygens (including phenoxy) is 2. The summed E-state index contributed by atoms with van der Waals surface area (Å²) in [6.07, 6.45) is -0.114. The molecule has 0 saturated heterocycles. The van der Waals surface area contributed by atoms with Crippen LogP contribution in [0, 0.1) is 0 Å². The van der Waals surface area contributed by atoms with Crippen molar-refractivity contribution in [3.8, 4) is 0 Å². The zero-order chi connectivity index (χ0) is 16.7. The number of halogens is 1. The molecule has 0 aromatic carbocycles. The minimum Gasteiger partial charge on any atom is -0.466 e. The third-order valence-electron chi connectivity index (χ3n) is 2.90. The van der Waals surface area contributed by atoms with Gasteiger partial charge in [-0.2, -0.15) is 0 Å². The molecule has 0 aliphatic rings. The van der Waals surface area contributed by atoms with Crippen molar-refractivity contribution in [2.75, 3.05) is 13.2 Å². The van der Waals surface area contributed by atoms with Gasteiger partial charge in [0.2, 0.25) is 0 Å². The Bertz CT molecular complexity index is 354. The van der Waals surface area contributed by atoms with E-state index in [9.17, 15) is 9.59 Å². The maximum absolute atomic E-state index is 11.7. The Morgan fingerprint density at radius 2 is 1.32 bits per heavy atom. The second-order valence-electron chi connectivity index (χ2n) is 7.82. The average Bonchev–Trinajstić information content (AvgIpc) is 2.24. The lowest BCUT2D eigenvalue weighted by molar-refractivity contribution is -0.151. The lowest BCUT2D eigenvalue weighted by Gasteiger charge is -2.17. The molecule has 2 N–H and O–H groups in total. The van der Waals surface area contributed by atoms with Crippen LogP contribution in [-0.4, -0.2) is 47.3 Å². The van der Waals surface area contributed by atoms with E-state index >= 15 is 0 Å². The van der Waals surface area contributed by atoms with Gasteiger partial charge in [-0.25, -0.2) is 0 Å². The molecular formula is C14H32ClNO4Si2. The van der Waals surface area contributed by atoms with Crippen molar-refractivity contribution >= 4 is 40.5 Å². The first kappa shape index (κ1) is 23.9. The van der Waals surface area contributed by atoms with Gasteiger partial charge in [0.1, 0.15) is 6.04 Å². The van der Waals surface area contributed by atoms with E-state index in [1.165, 1.54) is 0 Å². The summed E-state index contributed by atoms with van der Waals surface area (Å²) in [6, 6.07) is 0.881. The number of hydrogen-bond acceptors (Lipinski definition) is 5. The number of rotatable bonds is 9. The van der Waals surface area contributed by atoms with Crippen LogP contribution in [0.4, 0.5) is 0 Å². The summed E-state index contributed by atoms with van der Waals surface area (Å²) in [6.45, 7) is 14.0. The Hall–Kier alpha value is -0.376. The molecule has 0 heterocycles. The quantitative estimate of drug-likeness (QED) is 0.499. The summed E-state index contributed by atoms with van der Waals surface area (Å²) in [4.78, 5) is 23.3. The van der Waals surface area contributed by atoms with Crippen molar-refractivity contribution in [1.29, 1.82) is 0 Å². The van der Waals surface area contributed by atoms with Crippen molar-refractivity contribution in [2.24, 2.45) is 5.73 Å². The van der Waals surface area contributed by atoms with Gasteiger partial charge in [0.05, 0.1) is 19.6 Å². The van der Waals surface area contributed by atoms with Crippen LogP contribution >= 0.6 is 12.4 Å². The molecule has 0 rings (SSSR count). The highest BCUT2D eigenvalue weighted by molar-refractivity contribution is 6.76.